The third-order valence-electron chi connectivity index (χ3n) is 2.41. The summed E-state index contributed by atoms with van der Waals surface area (Å²) in [6.07, 6.45) is 0.501. The molecule has 1 atom stereocenters. The Morgan fingerprint density at radius 2 is 2.14 bits per heavy atom. The van der Waals surface area contributed by atoms with Gasteiger partial charge in [0.05, 0.1) is 6.07 Å². The predicted molar refractivity (Wildman–Crippen MR) is 55.9 cm³/mol. The van der Waals surface area contributed by atoms with Gasteiger partial charge in [-0.05, 0) is 29.5 Å². The van der Waals surface area contributed by atoms with Gasteiger partial charge in [-0.3, -0.25) is 0 Å². The number of phenols is 1. The Morgan fingerprint density at radius 1 is 1.43 bits per heavy atom. The maximum atomic E-state index is 9.33. The van der Waals surface area contributed by atoms with Crippen molar-refractivity contribution in [3.05, 3.63) is 29.8 Å². The predicted octanol–water partition coefficient (Wildman–Crippen LogP) is 3.05. The van der Waals surface area contributed by atoms with E-state index in [2.05, 4.69) is 19.9 Å². The van der Waals surface area contributed by atoms with Crippen molar-refractivity contribution in [2.45, 2.75) is 26.2 Å². The molecule has 14 heavy (non-hydrogen) atoms. The molecule has 0 heterocycles. The molecule has 1 aromatic rings. The van der Waals surface area contributed by atoms with Gasteiger partial charge < -0.3 is 5.11 Å². The van der Waals surface area contributed by atoms with Crippen molar-refractivity contribution in [2.24, 2.45) is 5.92 Å². The maximum absolute atomic E-state index is 9.33. The number of hydrogen-bond acceptors (Lipinski definition) is 2. The van der Waals surface area contributed by atoms with Gasteiger partial charge in [0.15, 0.2) is 0 Å². The van der Waals surface area contributed by atoms with Gasteiger partial charge >= 0.3 is 0 Å². The molecule has 1 aromatic carbocycles. The lowest BCUT2D eigenvalue weighted by atomic mass is 9.86. The minimum absolute atomic E-state index is 0.215. The minimum Gasteiger partial charge on any atom is -0.508 e. The van der Waals surface area contributed by atoms with E-state index in [4.69, 9.17) is 5.26 Å². The summed E-state index contributed by atoms with van der Waals surface area (Å²) in [4.78, 5) is 0. The first kappa shape index (κ1) is 10.6. The Hall–Kier alpha value is -1.49. The van der Waals surface area contributed by atoms with Crippen molar-refractivity contribution in [2.75, 3.05) is 0 Å². The summed E-state index contributed by atoms with van der Waals surface area (Å²) in [5, 5.41) is 18.0. The summed E-state index contributed by atoms with van der Waals surface area (Å²) in [6.45, 7) is 4.18. The van der Waals surface area contributed by atoms with Crippen LogP contribution in [0, 0.1) is 17.2 Å². The van der Waals surface area contributed by atoms with Crippen LogP contribution in [0.3, 0.4) is 0 Å². The van der Waals surface area contributed by atoms with E-state index < -0.39 is 0 Å². The highest BCUT2D eigenvalue weighted by Crippen LogP contribution is 2.29. The molecule has 0 unspecified atom stereocenters. The van der Waals surface area contributed by atoms with E-state index in [1.807, 2.05) is 12.1 Å². The largest absolute Gasteiger partial charge is 0.508 e. The van der Waals surface area contributed by atoms with Crippen LogP contribution >= 0.6 is 0 Å². The Bertz CT molecular complexity index is 338. The highest BCUT2D eigenvalue weighted by Gasteiger charge is 2.15. The second kappa shape index (κ2) is 4.66. The second-order valence-corrected chi connectivity index (χ2v) is 3.81. The highest BCUT2D eigenvalue weighted by atomic mass is 16.3. The molecule has 0 fully saturated rings. The van der Waals surface area contributed by atoms with Gasteiger partial charge in [0.2, 0.25) is 0 Å². The van der Waals surface area contributed by atoms with Gasteiger partial charge in [0.25, 0.3) is 0 Å². The van der Waals surface area contributed by atoms with Crippen molar-refractivity contribution >= 4 is 0 Å². The van der Waals surface area contributed by atoms with Crippen LogP contribution in [0.25, 0.3) is 0 Å². The third kappa shape index (κ3) is 2.50. The molecular weight excluding hydrogens is 174 g/mol. The smallest absolute Gasteiger partial charge is 0.115 e. The molecule has 0 aliphatic heterocycles. The maximum Gasteiger partial charge on any atom is 0.115 e. The van der Waals surface area contributed by atoms with Crippen molar-refractivity contribution < 1.29 is 5.11 Å². The van der Waals surface area contributed by atoms with E-state index in [0.717, 1.165) is 5.56 Å². The van der Waals surface area contributed by atoms with Crippen LogP contribution in [0.15, 0.2) is 24.3 Å². The second-order valence-electron chi connectivity index (χ2n) is 3.81. The summed E-state index contributed by atoms with van der Waals surface area (Å²) in [6, 6.07) is 9.35. The van der Waals surface area contributed by atoms with Gasteiger partial charge in [-0.25, -0.2) is 0 Å². The molecule has 0 spiro atoms. The van der Waals surface area contributed by atoms with Crippen LogP contribution in [-0.2, 0) is 0 Å². The summed E-state index contributed by atoms with van der Waals surface area (Å²) in [7, 11) is 0. The Kier molecular flexibility index (Phi) is 3.53. The molecule has 2 nitrogen and oxygen atoms in total. The third-order valence-corrected chi connectivity index (χ3v) is 2.41. The number of aromatic hydroxyl groups is 1. The molecule has 0 amide bonds. The van der Waals surface area contributed by atoms with Gasteiger partial charge in [0, 0.05) is 6.42 Å². The van der Waals surface area contributed by atoms with Crippen molar-refractivity contribution in [3.8, 4) is 11.8 Å². The lowest BCUT2D eigenvalue weighted by Crippen LogP contribution is -2.05. The highest BCUT2D eigenvalue weighted by molar-refractivity contribution is 5.30. The van der Waals surface area contributed by atoms with Gasteiger partial charge in [0.1, 0.15) is 5.75 Å². The van der Waals surface area contributed by atoms with Crippen LogP contribution in [0.2, 0.25) is 0 Å². The standard InChI is InChI=1S/C12H15NO/c1-9(2)12(6-7-13)10-4-3-5-11(14)8-10/h3-5,8-9,12,14H,6H2,1-2H3/t12-/m0/s1. The summed E-state index contributed by atoms with van der Waals surface area (Å²) in [5.74, 6) is 0.898. The Labute approximate surface area is 84.8 Å². The van der Waals surface area contributed by atoms with Crippen LogP contribution < -0.4 is 0 Å². The molecule has 0 saturated carbocycles. The van der Waals surface area contributed by atoms with E-state index >= 15 is 0 Å². The zero-order valence-corrected chi connectivity index (χ0v) is 8.57. The molecule has 0 aliphatic carbocycles. The summed E-state index contributed by atoms with van der Waals surface area (Å²) < 4.78 is 0. The van der Waals surface area contributed by atoms with Crippen LogP contribution in [-0.4, -0.2) is 5.11 Å². The van der Waals surface area contributed by atoms with Crippen LogP contribution in [0.5, 0.6) is 5.75 Å². The SMILES string of the molecule is CC(C)[C@H](CC#N)c1cccc(O)c1. The van der Waals surface area contributed by atoms with Crippen molar-refractivity contribution in [3.63, 3.8) is 0 Å². The number of rotatable bonds is 3. The number of benzene rings is 1. The lowest BCUT2D eigenvalue weighted by Gasteiger charge is -2.18. The van der Waals surface area contributed by atoms with Gasteiger partial charge in [-0.15, -0.1) is 0 Å². The quantitative estimate of drug-likeness (QED) is 0.794. The normalized spacial score (nSPS) is 12.4. The molecule has 0 radical (unpaired) electrons. The Balaban J connectivity index is 2.94. The number of phenolic OH excluding ortho intramolecular Hbond substituents is 1. The average Bonchev–Trinajstić information content (AvgIpc) is 2.13. The molecule has 0 aromatic heterocycles. The molecule has 0 aliphatic rings. The summed E-state index contributed by atoms with van der Waals surface area (Å²) in [5.41, 5.74) is 1.04. The van der Waals surface area contributed by atoms with Gasteiger partial charge in [-0.1, -0.05) is 26.0 Å². The molecular formula is C12H15NO. The van der Waals surface area contributed by atoms with Crippen LogP contribution in [0.4, 0.5) is 0 Å². The lowest BCUT2D eigenvalue weighted by molar-refractivity contribution is 0.467. The van der Waals surface area contributed by atoms with Crippen LogP contribution in [0.1, 0.15) is 31.7 Å². The van der Waals surface area contributed by atoms with Gasteiger partial charge in [-0.2, -0.15) is 5.26 Å². The van der Waals surface area contributed by atoms with E-state index in [1.165, 1.54) is 0 Å². The minimum atomic E-state index is 0.215. The first-order valence-electron chi connectivity index (χ1n) is 4.81. The Morgan fingerprint density at radius 3 is 2.64 bits per heavy atom. The fraction of sp³-hybridized carbons (Fsp3) is 0.417. The fourth-order valence-electron chi connectivity index (χ4n) is 1.59. The number of hydrogen-bond donors (Lipinski definition) is 1. The molecule has 0 saturated heterocycles. The van der Waals surface area contributed by atoms with E-state index in [-0.39, 0.29) is 11.7 Å². The number of nitriles is 1. The van der Waals surface area contributed by atoms with E-state index in [9.17, 15) is 5.11 Å². The van der Waals surface area contributed by atoms with Crippen molar-refractivity contribution in [1.29, 1.82) is 5.26 Å². The number of nitrogens with zero attached hydrogens (tertiary/aromatic N) is 1. The molecule has 2 heteroatoms. The molecule has 1 rings (SSSR count). The first-order valence-corrected chi connectivity index (χ1v) is 4.81. The fourth-order valence-corrected chi connectivity index (χ4v) is 1.59. The zero-order valence-electron chi connectivity index (χ0n) is 8.57. The molecule has 1 N–H and O–H groups in total. The molecule has 0 bridgehead atoms. The monoisotopic (exact) mass is 189 g/mol. The van der Waals surface area contributed by atoms with Crippen molar-refractivity contribution in [1.82, 2.24) is 0 Å². The average molecular weight is 189 g/mol. The van der Waals surface area contributed by atoms with E-state index in [0.29, 0.717) is 12.3 Å². The topological polar surface area (TPSA) is 44.0 Å². The first-order chi connectivity index (χ1) is 6.65. The summed E-state index contributed by atoms with van der Waals surface area (Å²) >= 11 is 0. The molecule has 74 valence electrons. The van der Waals surface area contributed by atoms with E-state index in [1.54, 1.807) is 12.1 Å². The zero-order chi connectivity index (χ0) is 10.6.